The highest BCUT2D eigenvalue weighted by Gasteiger charge is 1.92. The van der Waals surface area contributed by atoms with Gasteiger partial charge in [0.15, 0.2) is 0 Å². The predicted octanol–water partition coefficient (Wildman–Crippen LogP) is 2.80. The molecule has 0 fully saturated rings. The lowest BCUT2D eigenvalue weighted by atomic mass is 10.1. The number of hydrogen-bond donors (Lipinski definition) is 0. The van der Waals surface area contributed by atoms with Crippen molar-refractivity contribution in [2.75, 3.05) is 6.54 Å². The number of hydrogen-bond acceptors (Lipinski definition) is 1. The molecule has 0 aromatic carbocycles. The Morgan fingerprint density at radius 3 is 2.40 bits per heavy atom. The Balaban J connectivity index is 2.13. The van der Waals surface area contributed by atoms with Gasteiger partial charge in [-0.2, -0.15) is 0 Å². The van der Waals surface area contributed by atoms with Crippen LogP contribution in [0.5, 0.6) is 0 Å². The molecular weight excluding hydrogens is 122 g/mol. The van der Waals surface area contributed by atoms with E-state index in [-0.39, 0.29) is 0 Å². The molecule has 0 aromatic rings. The maximum absolute atomic E-state index is 4.31. The van der Waals surface area contributed by atoms with Crippen LogP contribution in [0.1, 0.15) is 44.9 Å². The molecule has 0 N–H and O–H groups in total. The van der Waals surface area contributed by atoms with Crippen LogP contribution < -0.4 is 0 Å². The van der Waals surface area contributed by atoms with E-state index in [4.69, 9.17) is 0 Å². The van der Waals surface area contributed by atoms with Crippen molar-refractivity contribution in [3.63, 3.8) is 0 Å². The fourth-order valence-electron chi connectivity index (χ4n) is 1.33. The Kier molecular flexibility index (Phi) is 4.24. The summed E-state index contributed by atoms with van der Waals surface area (Å²) in [6.07, 6.45) is 11.6. The third kappa shape index (κ3) is 3.65. The van der Waals surface area contributed by atoms with Gasteiger partial charge in [0.2, 0.25) is 0 Å². The molecule has 1 rings (SSSR count). The van der Waals surface area contributed by atoms with Crippen molar-refractivity contribution >= 4 is 6.21 Å². The second-order valence-corrected chi connectivity index (χ2v) is 3.00. The highest BCUT2D eigenvalue weighted by molar-refractivity contribution is 5.56. The Morgan fingerprint density at radius 1 is 0.800 bits per heavy atom. The molecule has 58 valence electrons. The monoisotopic (exact) mass is 139 g/mol. The van der Waals surface area contributed by atoms with Crippen LogP contribution in [0.15, 0.2) is 4.99 Å². The largest absolute Gasteiger partial charge is 0.298 e. The zero-order chi connectivity index (χ0) is 7.07. The van der Waals surface area contributed by atoms with Gasteiger partial charge in [0, 0.05) is 6.54 Å². The van der Waals surface area contributed by atoms with Crippen LogP contribution in [0.2, 0.25) is 0 Å². The van der Waals surface area contributed by atoms with Gasteiger partial charge >= 0.3 is 0 Å². The minimum atomic E-state index is 1.07. The summed E-state index contributed by atoms with van der Waals surface area (Å²) >= 11 is 0. The lowest BCUT2D eigenvalue weighted by Crippen LogP contribution is -1.88. The lowest BCUT2D eigenvalue weighted by molar-refractivity contribution is 0.599. The smallest absolute Gasteiger partial charge is 0.0385 e. The molecule has 0 aromatic heterocycles. The summed E-state index contributed by atoms with van der Waals surface area (Å²) in [6, 6.07) is 0. The topological polar surface area (TPSA) is 12.4 Å². The standard InChI is InChI=1S/C9H17N/c1-2-4-6-8-10-9-7-5-3-1/h8H,1-7,9H2. The van der Waals surface area contributed by atoms with E-state index in [1.807, 2.05) is 0 Å². The van der Waals surface area contributed by atoms with Gasteiger partial charge in [-0.15, -0.1) is 0 Å². The van der Waals surface area contributed by atoms with Gasteiger partial charge in [-0.1, -0.05) is 25.7 Å². The highest BCUT2D eigenvalue weighted by Crippen LogP contribution is 2.07. The zero-order valence-electron chi connectivity index (χ0n) is 6.68. The molecule has 0 unspecified atom stereocenters. The van der Waals surface area contributed by atoms with Crippen molar-refractivity contribution in [1.82, 2.24) is 0 Å². The first-order valence-electron chi connectivity index (χ1n) is 4.48. The number of nitrogens with zero attached hydrogens (tertiary/aromatic N) is 1. The van der Waals surface area contributed by atoms with Crippen LogP contribution in [0.25, 0.3) is 0 Å². The zero-order valence-corrected chi connectivity index (χ0v) is 6.68. The Morgan fingerprint density at radius 2 is 1.50 bits per heavy atom. The van der Waals surface area contributed by atoms with Gasteiger partial charge in [0.05, 0.1) is 0 Å². The van der Waals surface area contributed by atoms with Gasteiger partial charge in [0.1, 0.15) is 0 Å². The van der Waals surface area contributed by atoms with E-state index in [0.29, 0.717) is 0 Å². The minimum absolute atomic E-state index is 1.07. The average Bonchev–Trinajstić information content (AvgIpc) is 2.01. The third-order valence-corrected chi connectivity index (χ3v) is 2.00. The molecule has 0 spiro atoms. The molecule has 0 aliphatic carbocycles. The molecule has 0 radical (unpaired) electrons. The fraction of sp³-hybridized carbons (Fsp3) is 0.889. The quantitative estimate of drug-likeness (QED) is 0.489. The molecule has 10 heavy (non-hydrogen) atoms. The van der Waals surface area contributed by atoms with Gasteiger partial charge < -0.3 is 0 Å². The van der Waals surface area contributed by atoms with Crippen molar-refractivity contribution in [1.29, 1.82) is 0 Å². The van der Waals surface area contributed by atoms with Crippen LogP contribution in [-0.4, -0.2) is 12.8 Å². The van der Waals surface area contributed by atoms with Crippen LogP contribution in [0.3, 0.4) is 0 Å². The molecule has 0 saturated carbocycles. The number of aliphatic imine (C=N–C) groups is 1. The van der Waals surface area contributed by atoms with E-state index < -0.39 is 0 Å². The normalized spacial score (nSPS) is 22.4. The Labute approximate surface area is 63.5 Å². The molecule has 0 amide bonds. The maximum Gasteiger partial charge on any atom is 0.0385 e. The molecule has 0 saturated heterocycles. The summed E-state index contributed by atoms with van der Waals surface area (Å²) in [5, 5.41) is 0. The third-order valence-electron chi connectivity index (χ3n) is 2.00. The summed E-state index contributed by atoms with van der Waals surface area (Å²) in [4.78, 5) is 4.31. The fourth-order valence-corrected chi connectivity index (χ4v) is 1.33. The van der Waals surface area contributed by atoms with Crippen LogP contribution in [0.4, 0.5) is 0 Å². The lowest BCUT2D eigenvalue weighted by Gasteiger charge is -2.01. The molecule has 1 heteroatoms. The Bertz CT molecular complexity index is 84.9. The summed E-state index contributed by atoms with van der Waals surface area (Å²) in [5.74, 6) is 0. The van der Waals surface area contributed by atoms with Crippen molar-refractivity contribution in [2.24, 2.45) is 4.99 Å². The first-order valence-corrected chi connectivity index (χ1v) is 4.48. The summed E-state index contributed by atoms with van der Waals surface area (Å²) < 4.78 is 0. The van der Waals surface area contributed by atoms with Gasteiger partial charge in [0.25, 0.3) is 0 Å². The van der Waals surface area contributed by atoms with E-state index in [1.165, 1.54) is 44.9 Å². The van der Waals surface area contributed by atoms with Gasteiger partial charge in [-0.05, 0) is 25.5 Å². The molecule has 1 nitrogen and oxygen atoms in total. The van der Waals surface area contributed by atoms with E-state index in [9.17, 15) is 0 Å². The maximum atomic E-state index is 4.31. The molecule has 1 aliphatic heterocycles. The second-order valence-electron chi connectivity index (χ2n) is 3.00. The van der Waals surface area contributed by atoms with Gasteiger partial charge in [-0.25, -0.2) is 0 Å². The molecule has 1 aliphatic rings. The van der Waals surface area contributed by atoms with E-state index in [2.05, 4.69) is 11.2 Å². The van der Waals surface area contributed by atoms with Crippen LogP contribution in [0, 0.1) is 0 Å². The second kappa shape index (κ2) is 5.45. The van der Waals surface area contributed by atoms with Crippen molar-refractivity contribution in [2.45, 2.75) is 44.9 Å². The average molecular weight is 139 g/mol. The SMILES string of the molecule is C1=NCCCCCCCC1. The molecule has 0 atom stereocenters. The van der Waals surface area contributed by atoms with Crippen LogP contribution >= 0.6 is 0 Å². The van der Waals surface area contributed by atoms with E-state index in [1.54, 1.807) is 0 Å². The summed E-state index contributed by atoms with van der Waals surface area (Å²) in [5.41, 5.74) is 0. The van der Waals surface area contributed by atoms with E-state index in [0.717, 1.165) is 6.54 Å². The van der Waals surface area contributed by atoms with Crippen molar-refractivity contribution < 1.29 is 0 Å². The minimum Gasteiger partial charge on any atom is -0.298 e. The Hall–Kier alpha value is -0.330. The summed E-state index contributed by atoms with van der Waals surface area (Å²) in [7, 11) is 0. The summed E-state index contributed by atoms with van der Waals surface area (Å²) in [6.45, 7) is 1.07. The van der Waals surface area contributed by atoms with Crippen LogP contribution in [-0.2, 0) is 0 Å². The highest BCUT2D eigenvalue weighted by atomic mass is 14.7. The predicted molar refractivity (Wildman–Crippen MR) is 45.7 cm³/mol. The molecule has 0 bridgehead atoms. The van der Waals surface area contributed by atoms with Crippen molar-refractivity contribution in [3.8, 4) is 0 Å². The first kappa shape index (κ1) is 7.77. The molecular formula is C9H17N. The molecule has 1 heterocycles. The van der Waals surface area contributed by atoms with E-state index >= 15 is 0 Å². The van der Waals surface area contributed by atoms with Crippen molar-refractivity contribution in [3.05, 3.63) is 0 Å². The first-order chi connectivity index (χ1) is 5.00. The number of rotatable bonds is 0. The van der Waals surface area contributed by atoms with Gasteiger partial charge in [-0.3, -0.25) is 4.99 Å².